The molecule has 5 nitrogen and oxygen atoms in total. The van der Waals surface area contributed by atoms with Crippen molar-refractivity contribution in [1.29, 1.82) is 0 Å². The Morgan fingerprint density at radius 1 is 1.22 bits per heavy atom. The first-order valence-corrected chi connectivity index (χ1v) is 13.0. The van der Waals surface area contributed by atoms with Crippen molar-refractivity contribution < 1.29 is 17.9 Å². The topological polar surface area (TPSA) is 72.5 Å². The molecule has 0 unspecified atom stereocenters. The van der Waals surface area contributed by atoms with E-state index in [1.807, 2.05) is 0 Å². The summed E-state index contributed by atoms with van der Waals surface area (Å²) in [4.78, 5) is 12.0. The molecule has 0 aliphatic heterocycles. The van der Waals surface area contributed by atoms with Crippen LogP contribution in [-0.4, -0.2) is 33.8 Å². The van der Waals surface area contributed by atoms with Crippen LogP contribution in [0.1, 0.15) is 31.1 Å². The Morgan fingerprint density at radius 2 is 1.83 bits per heavy atom. The monoisotopic (exact) mass is 357 g/mol. The van der Waals surface area contributed by atoms with Gasteiger partial charge in [0.1, 0.15) is 5.60 Å². The minimum absolute atomic E-state index is 0.0966. The third-order valence-corrected chi connectivity index (χ3v) is 6.29. The maximum absolute atomic E-state index is 12.2. The van der Waals surface area contributed by atoms with Crippen LogP contribution in [-0.2, 0) is 14.8 Å². The highest BCUT2D eigenvalue weighted by Gasteiger charge is 2.20. The number of rotatable bonds is 6. The number of nitrogens with one attached hydrogen (secondary N) is 1. The Balaban J connectivity index is 2.83. The van der Waals surface area contributed by atoms with Gasteiger partial charge in [0, 0.05) is 13.8 Å². The summed E-state index contributed by atoms with van der Waals surface area (Å²) < 4.78 is 32.1. The highest BCUT2D eigenvalue weighted by Crippen LogP contribution is 2.18. The van der Waals surface area contributed by atoms with E-state index in [2.05, 4.69) is 24.4 Å². The fourth-order valence-electron chi connectivity index (χ4n) is 1.72. The normalized spacial score (nSPS) is 12.8. The maximum Gasteiger partial charge on any atom is 0.338 e. The number of hydrogen-bond donors (Lipinski definition) is 1. The first-order valence-electron chi connectivity index (χ1n) is 7.61. The summed E-state index contributed by atoms with van der Waals surface area (Å²) in [6, 6.07) is 7.05. The van der Waals surface area contributed by atoms with E-state index in [-0.39, 0.29) is 5.75 Å². The third-order valence-electron chi connectivity index (χ3n) is 2.89. The molecule has 23 heavy (non-hydrogen) atoms. The van der Waals surface area contributed by atoms with Crippen LogP contribution >= 0.6 is 0 Å². The molecule has 1 aromatic carbocycles. The molecule has 1 rings (SSSR count). The van der Waals surface area contributed by atoms with E-state index in [4.69, 9.17) is 4.74 Å². The summed E-state index contributed by atoms with van der Waals surface area (Å²) in [6.07, 6.45) is 0. The van der Waals surface area contributed by atoms with Crippen LogP contribution in [0, 0.1) is 0 Å². The molecule has 0 atom stereocenters. The Bertz CT molecular complexity index is 657. The molecule has 0 radical (unpaired) electrons. The lowest BCUT2D eigenvalue weighted by Gasteiger charge is -2.20. The quantitative estimate of drug-likeness (QED) is 0.622. The molecule has 0 fully saturated rings. The molecule has 0 amide bonds. The molecule has 0 spiro atoms. The number of ether oxygens (including phenoxy) is 1. The zero-order valence-corrected chi connectivity index (χ0v) is 16.6. The van der Waals surface area contributed by atoms with Crippen molar-refractivity contribution in [2.75, 3.05) is 10.5 Å². The SMILES string of the molecule is CC(C)(C)OC(=O)c1cccc(NS(=O)(=O)CC[Si](C)(C)C)c1. The molecule has 0 bridgehead atoms. The van der Waals surface area contributed by atoms with Gasteiger partial charge in [0.2, 0.25) is 10.0 Å². The lowest BCUT2D eigenvalue weighted by Crippen LogP contribution is -2.27. The van der Waals surface area contributed by atoms with Gasteiger partial charge in [-0.25, -0.2) is 13.2 Å². The fourth-order valence-corrected chi connectivity index (χ4v) is 5.83. The molecule has 7 heteroatoms. The van der Waals surface area contributed by atoms with Gasteiger partial charge in [-0.05, 0) is 45.0 Å². The standard InChI is InChI=1S/C16H27NO4SSi/c1-16(2,3)21-15(18)13-8-7-9-14(12-13)17-22(19,20)10-11-23(4,5)6/h7-9,12,17H,10-11H2,1-6H3. The second kappa shape index (κ2) is 7.05. The van der Waals surface area contributed by atoms with Crippen molar-refractivity contribution in [3.8, 4) is 0 Å². The molecule has 0 aliphatic carbocycles. The zero-order valence-electron chi connectivity index (χ0n) is 14.8. The van der Waals surface area contributed by atoms with Crippen LogP contribution < -0.4 is 4.72 Å². The third kappa shape index (κ3) is 8.18. The smallest absolute Gasteiger partial charge is 0.338 e. The van der Waals surface area contributed by atoms with E-state index in [1.54, 1.807) is 39.0 Å². The van der Waals surface area contributed by atoms with E-state index >= 15 is 0 Å². The number of esters is 1. The Kier molecular flexibility index (Phi) is 6.04. The second-order valence-electron chi connectivity index (χ2n) is 7.81. The highest BCUT2D eigenvalue weighted by atomic mass is 32.2. The molecule has 0 aliphatic rings. The van der Waals surface area contributed by atoms with Crippen molar-refractivity contribution in [3.05, 3.63) is 29.8 Å². The molecule has 0 saturated heterocycles. The second-order valence-corrected chi connectivity index (χ2v) is 15.3. The Hall–Kier alpha value is -1.34. The van der Waals surface area contributed by atoms with Crippen molar-refractivity contribution in [3.63, 3.8) is 0 Å². The molecule has 0 aromatic heterocycles. The number of anilines is 1. The van der Waals surface area contributed by atoms with Crippen LogP contribution in [0.25, 0.3) is 0 Å². The number of sulfonamides is 1. The predicted octanol–water partition coefficient (Wildman–Crippen LogP) is 3.72. The van der Waals surface area contributed by atoms with Gasteiger partial charge in [-0.3, -0.25) is 4.72 Å². The van der Waals surface area contributed by atoms with Gasteiger partial charge < -0.3 is 4.74 Å². The van der Waals surface area contributed by atoms with Gasteiger partial charge in [-0.2, -0.15) is 0 Å². The summed E-state index contributed by atoms with van der Waals surface area (Å²) in [5.41, 5.74) is 0.110. The molecular weight excluding hydrogens is 330 g/mol. The van der Waals surface area contributed by atoms with Crippen molar-refractivity contribution >= 4 is 29.8 Å². The number of carbonyl (C=O) groups excluding carboxylic acids is 1. The maximum atomic E-state index is 12.2. The lowest BCUT2D eigenvalue weighted by atomic mass is 10.1. The van der Waals surface area contributed by atoms with Crippen LogP contribution in [0.15, 0.2) is 24.3 Å². The van der Waals surface area contributed by atoms with Crippen molar-refractivity contribution in [2.45, 2.75) is 52.1 Å². The number of benzene rings is 1. The Labute approximate surface area is 140 Å². The van der Waals surface area contributed by atoms with Crippen LogP contribution in [0.5, 0.6) is 0 Å². The number of hydrogen-bond acceptors (Lipinski definition) is 4. The van der Waals surface area contributed by atoms with E-state index in [0.29, 0.717) is 17.3 Å². The lowest BCUT2D eigenvalue weighted by molar-refractivity contribution is 0.00695. The Morgan fingerprint density at radius 3 is 2.35 bits per heavy atom. The van der Waals surface area contributed by atoms with Crippen LogP contribution in [0.4, 0.5) is 5.69 Å². The summed E-state index contributed by atoms with van der Waals surface area (Å²) in [5, 5.41) is 0. The average Bonchev–Trinajstić information content (AvgIpc) is 2.33. The molecule has 1 aromatic rings. The largest absolute Gasteiger partial charge is 0.456 e. The van der Waals surface area contributed by atoms with Gasteiger partial charge in [-0.1, -0.05) is 25.7 Å². The first-order chi connectivity index (χ1) is 10.3. The fraction of sp³-hybridized carbons (Fsp3) is 0.562. The van der Waals surface area contributed by atoms with Gasteiger partial charge in [0.25, 0.3) is 0 Å². The first kappa shape index (κ1) is 19.7. The van der Waals surface area contributed by atoms with Crippen molar-refractivity contribution in [1.82, 2.24) is 0 Å². The zero-order chi connectivity index (χ0) is 17.9. The summed E-state index contributed by atoms with van der Waals surface area (Å²) in [5.74, 6) is -0.375. The van der Waals surface area contributed by atoms with Gasteiger partial charge in [0.15, 0.2) is 0 Å². The molecule has 130 valence electrons. The molecular formula is C16H27NO4SSi. The number of carbonyl (C=O) groups is 1. The molecule has 0 heterocycles. The van der Waals surface area contributed by atoms with E-state index in [1.165, 1.54) is 6.07 Å². The minimum Gasteiger partial charge on any atom is -0.456 e. The highest BCUT2D eigenvalue weighted by molar-refractivity contribution is 7.92. The van der Waals surface area contributed by atoms with Crippen molar-refractivity contribution in [2.24, 2.45) is 0 Å². The minimum atomic E-state index is -3.41. The van der Waals surface area contributed by atoms with Gasteiger partial charge in [0.05, 0.1) is 11.3 Å². The summed E-state index contributed by atoms with van der Waals surface area (Å²) >= 11 is 0. The van der Waals surface area contributed by atoms with Crippen LogP contribution in [0.3, 0.4) is 0 Å². The van der Waals surface area contributed by atoms with E-state index < -0.39 is 29.7 Å². The van der Waals surface area contributed by atoms with E-state index in [9.17, 15) is 13.2 Å². The summed E-state index contributed by atoms with van der Waals surface area (Å²) in [7, 11) is -4.85. The van der Waals surface area contributed by atoms with Gasteiger partial charge in [-0.15, -0.1) is 0 Å². The average molecular weight is 358 g/mol. The molecule has 1 N–H and O–H groups in total. The predicted molar refractivity (Wildman–Crippen MR) is 97.2 cm³/mol. The van der Waals surface area contributed by atoms with Crippen LogP contribution in [0.2, 0.25) is 25.7 Å². The van der Waals surface area contributed by atoms with Gasteiger partial charge >= 0.3 is 5.97 Å². The molecule has 0 saturated carbocycles. The van der Waals surface area contributed by atoms with E-state index in [0.717, 1.165) is 0 Å². The summed E-state index contributed by atoms with van der Waals surface area (Å²) in [6.45, 7) is 11.7.